The van der Waals surface area contributed by atoms with Gasteiger partial charge in [-0.1, -0.05) is 249 Å². The van der Waals surface area contributed by atoms with Gasteiger partial charge in [-0.2, -0.15) is 24.9 Å². The number of hydrogen-bond donors (Lipinski definition) is 0. The first kappa shape index (κ1) is 67.7. The Balaban J connectivity index is 0.000000135. The Morgan fingerprint density at radius 2 is 0.306 bits per heavy atom. The van der Waals surface area contributed by atoms with Crippen molar-refractivity contribution in [2.24, 2.45) is 0 Å². The van der Waals surface area contributed by atoms with E-state index in [1.165, 1.54) is 65.2 Å². The van der Waals surface area contributed by atoms with Crippen LogP contribution in [0.15, 0.2) is 406 Å². The fourth-order valence-corrected chi connectivity index (χ4v) is 19.1. The molecule has 0 spiro atoms. The van der Waals surface area contributed by atoms with Gasteiger partial charge in [0.2, 0.25) is 17.8 Å². The van der Waals surface area contributed by atoms with Crippen LogP contribution in [0.3, 0.4) is 0 Å². The molecule has 0 aliphatic carbocycles. The van der Waals surface area contributed by atoms with Crippen molar-refractivity contribution < 1.29 is 0 Å². The minimum Gasteiger partial charge on any atom is -0.309 e. The second-order valence-electron chi connectivity index (χ2n) is 31.0. The lowest BCUT2D eigenvalue weighted by Crippen LogP contribution is -2.10. The van der Waals surface area contributed by atoms with Gasteiger partial charge in [0, 0.05) is 115 Å². The Hall–Kier alpha value is -16.6. The van der Waals surface area contributed by atoms with Crippen LogP contribution in [0, 0.1) is 0 Å². The third kappa shape index (κ3) is 10.5. The quantitative estimate of drug-likeness (QED) is 0.135. The van der Waals surface area contributed by atoms with Gasteiger partial charge < -0.3 is 18.3 Å². The number of para-hydroxylation sites is 12. The number of rotatable bonds is 10. The summed E-state index contributed by atoms with van der Waals surface area (Å²) in [6.07, 6.45) is 0. The van der Waals surface area contributed by atoms with Crippen molar-refractivity contribution in [3.8, 4) is 74.8 Å². The second-order valence-corrected chi connectivity index (χ2v) is 31.0. The van der Waals surface area contributed by atoms with Gasteiger partial charge in [-0.05, 0) is 158 Å². The van der Waals surface area contributed by atoms with Gasteiger partial charge >= 0.3 is 0 Å². The zero-order chi connectivity index (χ0) is 79.3. The third-order valence-corrected chi connectivity index (χ3v) is 24.4. The summed E-state index contributed by atoms with van der Waals surface area (Å²) in [5, 5.41) is 16.7. The van der Waals surface area contributed by atoms with E-state index < -0.39 is 0 Å². The maximum Gasteiger partial charge on any atom is 0.240 e. The number of aromatic nitrogens is 13. The molecule has 121 heavy (non-hydrogen) atoms. The Morgan fingerprint density at radius 1 is 0.124 bits per heavy atom. The summed E-state index contributed by atoms with van der Waals surface area (Å²) >= 11 is 0. The zero-order valence-corrected chi connectivity index (χ0v) is 65.0. The first-order valence-electron chi connectivity index (χ1n) is 40.8. The Labute approximate surface area is 691 Å². The maximum absolute atomic E-state index is 5.33. The van der Waals surface area contributed by atoms with Gasteiger partial charge in [0.05, 0.1) is 77.2 Å². The van der Waals surface area contributed by atoms with E-state index >= 15 is 0 Å². The largest absolute Gasteiger partial charge is 0.309 e. The average Bonchev–Trinajstić information content (AvgIpc) is 1.55. The van der Waals surface area contributed by atoms with Gasteiger partial charge in [-0.25, -0.2) is 4.98 Å². The molecule has 13 heteroatoms. The van der Waals surface area contributed by atoms with Gasteiger partial charge in [0.25, 0.3) is 0 Å². The molecule has 564 valence electrons. The fourth-order valence-electron chi connectivity index (χ4n) is 19.1. The average molecular weight is 1550 g/mol. The summed E-state index contributed by atoms with van der Waals surface area (Å²) in [6.45, 7) is 0. The van der Waals surface area contributed by atoms with Crippen LogP contribution >= 0.6 is 0 Å². The Kier molecular flexibility index (Phi) is 15.1. The first-order chi connectivity index (χ1) is 60.0. The monoisotopic (exact) mass is 1550 g/mol. The summed E-state index contributed by atoms with van der Waals surface area (Å²) in [5.41, 5.74) is 22.8. The summed E-state index contributed by atoms with van der Waals surface area (Å²) in [4.78, 5) is 31.3. The summed E-state index contributed by atoms with van der Waals surface area (Å²) < 4.78 is 16.0. The standard InChI is InChI=1S/C57H35N7.C51H32N6/c1-8-22-47-39(15-1)40-16-2-9-23-48(40)62(47)38-33-34-54-46(35-38)45-21-7-10-24-49(45)61(54)37-31-29-36(30-32-37)55-58-56(63-50-25-11-3-17-41(50)42-18-4-12-26-51(42)63)60-57(59-55)64-52-27-13-5-19-43(52)44-20-6-14-28-53(44)64;1-2-14-33(15-3-1)49-52-50(54-51(53-49)57-46-24-12-6-18-39(46)40-19-7-13-25-47(40)57)34-26-28-35(29-27-34)55-45-23-11-8-20-41(45)42-32-36(30-31-48(42)55)56-43-21-9-4-16-37(43)38-17-5-10-22-44(38)56/h1-35H;1-32H. The molecule has 0 bridgehead atoms. The van der Waals surface area contributed by atoms with Gasteiger partial charge in [0.1, 0.15) is 0 Å². The van der Waals surface area contributed by atoms with Crippen molar-refractivity contribution >= 4 is 153 Å². The zero-order valence-electron chi connectivity index (χ0n) is 65.0. The van der Waals surface area contributed by atoms with Gasteiger partial charge in [0.15, 0.2) is 17.5 Å². The van der Waals surface area contributed by atoms with Crippen LogP contribution in [0.2, 0.25) is 0 Å². The minimum absolute atomic E-state index is 0.560. The second kappa shape index (κ2) is 27.0. The molecule has 0 atom stereocenters. The summed E-state index contributed by atoms with van der Waals surface area (Å²) in [7, 11) is 0. The van der Waals surface area contributed by atoms with Crippen LogP contribution in [-0.2, 0) is 0 Å². The normalized spacial score (nSPS) is 12.0. The minimum atomic E-state index is 0.560. The molecule has 0 amide bonds. The van der Waals surface area contributed by atoms with E-state index in [4.69, 9.17) is 29.9 Å². The Morgan fingerprint density at radius 3 is 0.570 bits per heavy atom. The lowest BCUT2D eigenvalue weighted by molar-refractivity contribution is 0.893. The number of fused-ring (bicyclic) bond motifs is 21. The molecule has 17 aromatic carbocycles. The van der Waals surface area contributed by atoms with Crippen LogP contribution in [0.25, 0.3) is 227 Å². The molecule has 9 aromatic heterocycles. The molecule has 26 aromatic rings. The molecule has 9 heterocycles. The molecule has 0 saturated carbocycles. The van der Waals surface area contributed by atoms with E-state index in [1.54, 1.807) is 0 Å². The highest BCUT2D eigenvalue weighted by Crippen LogP contribution is 2.43. The first-order valence-corrected chi connectivity index (χ1v) is 40.8. The molecule has 0 N–H and O–H groups in total. The molecular formula is C108H67N13. The predicted molar refractivity (Wildman–Crippen MR) is 496 cm³/mol. The van der Waals surface area contributed by atoms with Crippen molar-refractivity contribution in [1.82, 2.24) is 61.9 Å². The SMILES string of the molecule is c1ccc(-c2nc(-c3ccc(-n4c5ccccc5c5cc(-n6c7ccccc7c7ccccc76)ccc54)cc3)nc(-n3c4ccccc4c4ccccc43)n2)cc1.c1ccc2c(c1)c1ccccc1n2-c1ccc2c(c1)c1ccccc1n2-c1ccc(-c2nc(-n3c4ccccc4c4ccccc43)nc(-n3c4ccccc4c4ccccc43)n2)cc1. The lowest BCUT2D eigenvalue weighted by atomic mass is 10.1. The number of hydrogen-bond acceptors (Lipinski definition) is 6. The van der Waals surface area contributed by atoms with Crippen LogP contribution in [-0.4, -0.2) is 61.9 Å². The third-order valence-electron chi connectivity index (χ3n) is 24.4. The van der Waals surface area contributed by atoms with E-state index in [2.05, 4.69) is 408 Å². The van der Waals surface area contributed by atoms with Crippen LogP contribution < -0.4 is 0 Å². The molecule has 0 saturated heterocycles. The van der Waals surface area contributed by atoms with E-state index in [-0.39, 0.29) is 0 Å². The number of nitrogens with zero attached hydrogens (tertiary/aromatic N) is 13. The number of benzene rings is 17. The topological polar surface area (TPSA) is 112 Å². The molecule has 0 aliphatic heterocycles. The summed E-state index contributed by atoms with van der Waals surface area (Å²) in [6, 6.07) is 144. The van der Waals surface area contributed by atoms with Crippen molar-refractivity contribution in [2.75, 3.05) is 0 Å². The van der Waals surface area contributed by atoms with Gasteiger partial charge in [-0.3, -0.25) is 13.7 Å². The van der Waals surface area contributed by atoms with Crippen LogP contribution in [0.4, 0.5) is 0 Å². The van der Waals surface area contributed by atoms with Crippen molar-refractivity contribution in [3.05, 3.63) is 406 Å². The molecule has 26 rings (SSSR count). The fraction of sp³-hybridized carbons (Fsp3) is 0. The highest BCUT2D eigenvalue weighted by molar-refractivity contribution is 6.16. The van der Waals surface area contributed by atoms with E-state index in [0.717, 1.165) is 127 Å². The molecular weight excluding hydrogens is 1480 g/mol. The van der Waals surface area contributed by atoms with Crippen molar-refractivity contribution in [2.45, 2.75) is 0 Å². The Bertz CT molecular complexity index is 8330. The lowest BCUT2D eigenvalue weighted by Gasteiger charge is -2.13. The van der Waals surface area contributed by atoms with E-state index in [1.807, 2.05) is 30.3 Å². The molecule has 0 radical (unpaired) electrons. The van der Waals surface area contributed by atoms with Crippen LogP contribution in [0.1, 0.15) is 0 Å². The maximum atomic E-state index is 5.33. The summed E-state index contributed by atoms with van der Waals surface area (Å²) in [5.74, 6) is 3.54. The molecule has 0 fully saturated rings. The van der Waals surface area contributed by atoms with Crippen LogP contribution in [0.5, 0.6) is 0 Å². The van der Waals surface area contributed by atoms with E-state index in [9.17, 15) is 0 Å². The molecule has 0 unspecified atom stereocenters. The highest BCUT2D eigenvalue weighted by atomic mass is 15.3. The van der Waals surface area contributed by atoms with E-state index in [0.29, 0.717) is 35.3 Å². The molecule has 0 aliphatic rings. The highest BCUT2D eigenvalue weighted by Gasteiger charge is 2.25. The van der Waals surface area contributed by atoms with Gasteiger partial charge in [-0.15, -0.1) is 0 Å². The molecule has 13 nitrogen and oxygen atoms in total. The smallest absolute Gasteiger partial charge is 0.240 e. The predicted octanol–water partition coefficient (Wildman–Crippen LogP) is 26.4. The van der Waals surface area contributed by atoms with Crippen molar-refractivity contribution in [3.63, 3.8) is 0 Å². The van der Waals surface area contributed by atoms with Crippen molar-refractivity contribution in [1.29, 1.82) is 0 Å².